The molecule has 0 fully saturated rings. The third-order valence-electron chi connectivity index (χ3n) is 4.58. The van der Waals surface area contributed by atoms with Gasteiger partial charge in [0.1, 0.15) is 10.2 Å². The minimum absolute atomic E-state index is 0.0378. The molecule has 0 unspecified atom stereocenters. The SMILES string of the molecule is CC(C)Cn1c(=O)n([N+](C)(C)C)c(=O)c2c(NC=O)c(Cc3ccccc3)sc21. The Morgan fingerprint density at radius 1 is 1.14 bits per heavy atom. The van der Waals surface area contributed by atoms with Crippen molar-refractivity contribution in [2.24, 2.45) is 5.92 Å². The fourth-order valence-electron chi connectivity index (χ4n) is 3.42. The zero-order valence-corrected chi connectivity index (χ0v) is 18.2. The number of rotatable bonds is 7. The number of hydrogen-bond donors (Lipinski definition) is 1. The quantitative estimate of drug-likeness (QED) is 0.476. The molecule has 1 N–H and O–H groups in total. The molecule has 0 aliphatic carbocycles. The Labute approximate surface area is 173 Å². The lowest BCUT2D eigenvalue weighted by molar-refractivity contribution is -0.105. The number of nitrogens with one attached hydrogen (secondary N) is 1. The normalized spacial score (nSPS) is 11.9. The number of benzene rings is 1. The molecule has 7 nitrogen and oxygen atoms in total. The van der Waals surface area contributed by atoms with E-state index in [1.807, 2.05) is 44.2 Å². The van der Waals surface area contributed by atoms with Crippen molar-refractivity contribution >= 4 is 33.7 Å². The predicted molar refractivity (Wildman–Crippen MR) is 119 cm³/mol. The number of anilines is 1. The average molecular weight is 416 g/mol. The summed E-state index contributed by atoms with van der Waals surface area (Å²) < 4.78 is 2.94. The Morgan fingerprint density at radius 3 is 2.34 bits per heavy atom. The maximum Gasteiger partial charge on any atom is 0.377 e. The predicted octanol–water partition coefficient (Wildman–Crippen LogP) is 2.37. The van der Waals surface area contributed by atoms with Gasteiger partial charge in [0.25, 0.3) is 0 Å². The van der Waals surface area contributed by atoms with Gasteiger partial charge in [0.05, 0.1) is 26.8 Å². The second-order valence-corrected chi connectivity index (χ2v) is 9.43. The summed E-state index contributed by atoms with van der Waals surface area (Å²) in [6.45, 7) is 4.55. The molecule has 1 amide bonds. The van der Waals surface area contributed by atoms with Crippen LogP contribution < -0.4 is 21.2 Å². The number of thiophene rings is 1. The monoisotopic (exact) mass is 415 g/mol. The molecule has 8 heteroatoms. The first-order valence-electron chi connectivity index (χ1n) is 9.52. The highest BCUT2D eigenvalue weighted by Crippen LogP contribution is 2.35. The highest BCUT2D eigenvalue weighted by Gasteiger charge is 2.27. The fourth-order valence-corrected chi connectivity index (χ4v) is 4.71. The highest BCUT2D eigenvalue weighted by atomic mass is 32.1. The first kappa shape index (κ1) is 21.0. The molecule has 1 aromatic carbocycles. The number of aromatic nitrogens is 2. The number of fused-ring (bicyclic) bond motifs is 1. The third kappa shape index (κ3) is 4.04. The second-order valence-electron chi connectivity index (χ2n) is 8.35. The largest absolute Gasteiger partial charge is 0.377 e. The smallest absolute Gasteiger partial charge is 0.327 e. The Balaban J connectivity index is 2.40. The van der Waals surface area contributed by atoms with Gasteiger partial charge in [-0.15, -0.1) is 11.3 Å². The number of nitrogens with zero attached hydrogens (tertiary/aromatic N) is 3. The molecular formula is C21H27N4O3S+. The van der Waals surface area contributed by atoms with E-state index in [0.29, 0.717) is 35.3 Å². The molecule has 29 heavy (non-hydrogen) atoms. The summed E-state index contributed by atoms with van der Waals surface area (Å²) in [5, 5.41) is 3.12. The van der Waals surface area contributed by atoms with Crippen molar-refractivity contribution in [2.75, 3.05) is 26.5 Å². The molecule has 3 aromatic rings. The van der Waals surface area contributed by atoms with E-state index in [-0.39, 0.29) is 16.2 Å². The van der Waals surface area contributed by atoms with Gasteiger partial charge in [0, 0.05) is 17.8 Å². The standard InChI is InChI=1S/C21H26N4O3S/c1-14(2)12-23-20-17(19(27)24(21(23)28)25(3,4)5)18(22-13-26)16(29-20)11-15-9-7-6-8-10-15/h6-10,13-14H,11-12H2,1-5H3/p+1. The van der Waals surface area contributed by atoms with Crippen LogP contribution >= 0.6 is 11.3 Å². The lowest BCUT2D eigenvalue weighted by atomic mass is 10.1. The van der Waals surface area contributed by atoms with Crippen LogP contribution in [0.3, 0.4) is 0 Å². The van der Waals surface area contributed by atoms with Crippen molar-refractivity contribution < 1.29 is 4.79 Å². The van der Waals surface area contributed by atoms with E-state index in [0.717, 1.165) is 10.4 Å². The number of carbonyl (C=O) groups is 1. The van der Waals surface area contributed by atoms with Crippen LogP contribution in [-0.2, 0) is 17.8 Å². The van der Waals surface area contributed by atoms with E-state index >= 15 is 0 Å². The van der Waals surface area contributed by atoms with Gasteiger partial charge in [-0.2, -0.15) is 0 Å². The van der Waals surface area contributed by atoms with Crippen LogP contribution in [-0.4, -0.2) is 36.8 Å². The molecule has 0 aliphatic rings. The van der Waals surface area contributed by atoms with Gasteiger partial charge in [0.15, 0.2) is 0 Å². The van der Waals surface area contributed by atoms with E-state index in [1.54, 1.807) is 25.7 Å². The minimum atomic E-state index is -0.391. The molecular weight excluding hydrogens is 388 g/mol. The summed E-state index contributed by atoms with van der Waals surface area (Å²) >= 11 is 1.40. The van der Waals surface area contributed by atoms with Crippen molar-refractivity contribution in [3.05, 3.63) is 61.6 Å². The number of amides is 1. The van der Waals surface area contributed by atoms with E-state index in [9.17, 15) is 14.4 Å². The lowest BCUT2D eigenvalue weighted by Gasteiger charge is -2.25. The lowest BCUT2D eigenvalue weighted by Crippen LogP contribution is -2.60. The third-order valence-corrected chi connectivity index (χ3v) is 5.80. The maximum absolute atomic E-state index is 13.4. The van der Waals surface area contributed by atoms with Gasteiger partial charge < -0.3 is 5.32 Å². The van der Waals surface area contributed by atoms with Crippen LogP contribution in [0.25, 0.3) is 10.2 Å². The van der Waals surface area contributed by atoms with Gasteiger partial charge in [-0.25, -0.2) is 9.39 Å². The van der Waals surface area contributed by atoms with E-state index in [2.05, 4.69) is 5.32 Å². The Bertz CT molecular complexity index is 1150. The van der Waals surface area contributed by atoms with Crippen molar-refractivity contribution in [1.29, 1.82) is 0 Å². The van der Waals surface area contributed by atoms with Crippen LogP contribution in [0.2, 0.25) is 0 Å². The average Bonchev–Trinajstić information content (AvgIpc) is 2.97. The second kappa shape index (κ2) is 7.96. The van der Waals surface area contributed by atoms with Crippen molar-refractivity contribution in [1.82, 2.24) is 13.8 Å². The molecule has 0 aliphatic heterocycles. The summed E-state index contributed by atoms with van der Waals surface area (Å²) in [6, 6.07) is 9.85. The van der Waals surface area contributed by atoms with Crippen molar-refractivity contribution in [3.63, 3.8) is 0 Å². The summed E-state index contributed by atoms with van der Waals surface area (Å²) in [5.74, 6) is 0.219. The molecule has 3 rings (SSSR count). The van der Waals surface area contributed by atoms with Crippen LogP contribution in [0.1, 0.15) is 24.3 Å². The fraction of sp³-hybridized carbons (Fsp3) is 0.381. The molecule has 0 saturated carbocycles. The van der Waals surface area contributed by atoms with Gasteiger partial charge >= 0.3 is 11.2 Å². The van der Waals surface area contributed by atoms with E-state index in [4.69, 9.17) is 0 Å². The Kier molecular flexibility index (Phi) is 5.77. The molecule has 2 heterocycles. The maximum atomic E-state index is 13.4. The van der Waals surface area contributed by atoms with Crippen LogP contribution in [0.4, 0.5) is 5.69 Å². The minimum Gasteiger partial charge on any atom is -0.327 e. The Hall–Kier alpha value is -2.71. The molecule has 2 aromatic heterocycles. The van der Waals surface area contributed by atoms with Crippen LogP contribution in [0, 0.1) is 5.92 Å². The van der Waals surface area contributed by atoms with E-state index in [1.165, 1.54) is 16.0 Å². The zero-order valence-electron chi connectivity index (χ0n) is 17.4. The van der Waals surface area contributed by atoms with E-state index < -0.39 is 5.56 Å². The number of hydrogen-bond acceptors (Lipinski definition) is 4. The Morgan fingerprint density at radius 2 is 1.79 bits per heavy atom. The van der Waals surface area contributed by atoms with Gasteiger partial charge in [-0.05, 0) is 11.5 Å². The van der Waals surface area contributed by atoms with Crippen LogP contribution in [0.5, 0.6) is 0 Å². The molecule has 0 bridgehead atoms. The number of quaternary nitrogens is 1. The number of carbonyl (C=O) groups excluding carboxylic acids is 1. The first-order chi connectivity index (χ1) is 13.6. The topological polar surface area (TPSA) is 73.1 Å². The zero-order chi connectivity index (χ0) is 21.3. The van der Waals surface area contributed by atoms with Gasteiger partial charge in [-0.1, -0.05) is 48.9 Å². The van der Waals surface area contributed by atoms with Gasteiger partial charge in [-0.3, -0.25) is 14.2 Å². The van der Waals surface area contributed by atoms with Gasteiger partial charge in [0.2, 0.25) is 6.41 Å². The summed E-state index contributed by atoms with van der Waals surface area (Å²) in [7, 11) is 5.33. The first-order valence-corrected chi connectivity index (χ1v) is 10.3. The van der Waals surface area contributed by atoms with Crippen LogP contribution in [0.15, 0.2) is 39.9 Å². The summed E-state index contributed by atoms with van der Waals surface area (Å²) in [6.07, 6.45) is 1.15. The summed E-state index contributed by atoms with van der Waals surface area (Å²) in [4.78, 5) is 39.4. The highest BCUT2D eigenvalue weighted by molar-refractivity contribution is 7.19. The summed E-state index contributed by atoms with van der Waals surface area (Å²) in [5.41, 5.74) is 0.831. The van der Waals surface area contributed by atoms with Crippen molar-refractivity contribution in [2.45, 2.75) is 26.8 Å². The molecule has 0 radical (unpaired) electrons. The molecule has 0 saturated heterocycles. The molecule has 0 spiro atoms. The van der Waals surface area contributed by atoms with Crippen molar-refractivity contribution in [3.8, 4) is 0 Å². The molecule has 154 valence electrons. The molecule has 0 atom stereocenters.